The molecule has 0 spiro atoms. The lowest BCUT2D eigenvalue weighted by Crippen LogP contribution is -2.15. The van der Waals surface area contributed by atoms with E-state index in [1.807, 2.05) is 12.1 Å². The summed E-state index contributed by atoms with van der Waals surface area (Å²) in [6.07, 6.45) is 11.3. The summed E-state index contributed by atoms with van der Waals surface area (Å²) in [6, 6.07) is 6.70. The van der Waals surface area contributed by atoms with Crippen molar-refractivity contribution in [3.8, 4) is 17.5 Å². The van der Waals surface area contributed by atoms with Gasteiger partial charge in [0.2, 0.25) is 0 Å². The third-order valence-corrected chi connectivity index (χ3v) is 5.64. The van der Waals surface area contributed by atoms with Crippen LogP contribution >= 0.6 is 11.8 Å². The Labute approximate surface area is 147 Å². The molecule has 1 aliphatic rings. The van der Waals surface area contributed by atoms with Crippen LogP contribution in [0.5, 0.6) is 0 Å². The Hall–Kier alpha value is -1.87. The lowest BCUT2D eigenvalue weighted by Gasteiger charge is -2.26. The van der Waals surface area contributed by atoms with E-state index in [9.17, 15) is 0 Å². The lowest BCUT2D eigenvalue weighted by atomic mass is 9.95. The van der Waals surface area contributed by atoms with Crippen LogP contribution < -0.4 is 0 Å². The zero-order valence-corrected chi connectivity index (χ0v) is 14.9. The van der Waals surface area contributed by atoms with Gasteiger partial charge >= 0.3 is 0 Å². The van der Waals surface area contributed by atoms with Gasteiger partial charge in [0.25, 0.3) is 0 Å². The molecule has 0 saturated heterocycles. The molecule has 3 rings (SSSR count). The molecule has 0 aliphatic heterocycles. The maximum Gasteiger partial charge on any atom is 0.192 e. The van der Waals surface area contributed by atoms with Crippen LogP contribution in [0.2, 0.25) is 0 Å². The molecule has 2 aromatic rings. The van der Waals surface area contributed by atoms with E-state index in [0.717, 1.165) is 23.0 Å². The number of aromatic nitrogens is 4. The van der Waals surface area contributed by atoms with E-state index in [0.29, 0.717) is 17.7 Å². The van der Waals surface area contributed by atoms with Crippen molar-refractivity contribution in [1.29, 1.82) is 5.26 Å². The van der Waals surface area contributed by atoms with Gasteiger partial charge in [-0.25, -0.2) is 0 Å². The van der Waals surface area contributed by atoms with Crippen molar-refractivity contribution in [2.24, 2.45) is 0 Å². The van der Waals surface area contributed by atoms with Gasteiger partial charge in [-0.3, -0.25) is 9.55 Å². The standard InChI is InChI=1S/C18H23N5S/c1-14(6-5-11-19)24-18-22-21-17(15-9-12-20-13-10-15)23(18)16-7-3-2-4-8-16/h9-10,12-14,16H,2-8H2,1H3/t14-/m1/s1. The third kappa shape index (κ3) is 3.96. The highest BCUT2D eigenvalue weighted by Crippen LogP contribution is 2.36. The summed E-state index contributed by atoms with van der Waals surface area (Å²) in [5.74, 6) is 0.944. The molecule has 0 aromatic carbocycles. The second-order valence-corrected chi connectivity index (χ2v) is 7.73. The SMILES string of the molecule is C[C@H](CCC#N)Sc1nnc(-c2ccncc2)n1C1CCCCC1. The Morgan fingerprint density at radius 3 is 2.71 bits per heavy atom. The molecule has 6 heteroatoms. The summed E-state index contributed by atoms with van der Waals surface area (Å²) in [4.78, 5) is 4.11. The number of nitriles is 1. The van der Waals surface area contributed by atoms with Crippen LogP contribution in [0, 0.1) is 11.3 Å². The van der Waals surface area contributed by atoms with Crippen molar-refractivity contribution in [3.63, 3.8) is 0 Å². The average molecular weight is 341 g/mol. The van der Waals surface area contributed by atoms with Crippen LogP contribution in [-0.2, 0) is 0 Å². The topological polar surface area (TPSA) is 67.4 Å². The highest BCUT2D eigenvalue weighted by Gasteiger charge is 2.24. The van der Waals surface area contributed by atoms with Gasteiger partial charge in [0.1, 0.15) is 0 Å². The summed E-state index contributed by atoms with van der Waals surface area (Å²) < 4.78 is 2.34. The molecule has 1 atom stereocenters. The number of hydrogen-bond donors (Lipinski definition) is 0. The van der Waals surface area contributed by atoms with Gasteiger partial charge in [0.05, 0.1) is 6.07 Å². The van der Waals surface area contributed by atoms with E-state index < -0.39 is 0 Å². The highest BCUT2D eigenvalue weighted by atomic mass is 32.2. The second kappa shape index (κ2) is 8.29. The molecule has 5 nitrogen and oxygen atoms in total. The molecular weight excluding hydrogens is 318 g/mol. The van der Waals surface area contributed by atoms with Crippen LogP contribution in [0.15, 0.2) is 29.7 Å². The average Bonchev–Trinajstić information content (AvgIpc) is 3.05. The van der Waals surface area contributed by atoms with E-state index in [2.05, 4.69) is 32.7 Å². The zero-order valence-electron chi connectivity index (χ0n) is 14.1. The van der Waals surface area contributed by atoms with Gasteiger partial charge in [-0.2, -0.15) is 5.26 Å². The summed E-state index contributed by atoms with van der Waals surface area (Å²) in [6.45, 7) is 2.16. The van der Waals surface area contributed by atoms with E-state index >= 15 is 0 Å². The van der Waals surface area contributed by atoms with Crippen molar-refractivity contribution >= 4 is 11.8 Å². The van der Waals surface area contributed by atoms with Crippen LogP contribution in [0.3, 0.4) is 0 Å². The van der Waals surface area contributed by atoms with Crippen molar-refractivity contribution in [2.45, 2.75) is 68.3 Å². The van der Waals surface area contributed by atoms with Crippen molar-refractivity contribution in [3.05, 3.63) is 24.5 Å². The lowest BCUT2D eigenvalue weighted by molar-refractivity contribution is 0.339. The number of nitrogens with zero attached hydrogens (tertiary/aromatic N) is 5. The number of rotatable bonds is 6. The largest absolute Gasteiger partial charge is 0.299 e. The Morgan fingerprint density at radius 1 is 1.25 bits per heavy atom. The molecule has 0 bridgehead atoms. The van der Waals surface area contributed by atoms with E-state index in [4.69, 9.17) is 5.26 Å². The first-order valence-corrected chi connectivity index (χ1v) is 9.56. The number of thioether (sulfide) groups is 1. The Balaban J connectivity index is 1.90. The van der Waals surface area contributed by atoms with Crippen molar-refractivity contribution < 1.29 is 0 Å². The first-order chi connectivity index (χ1) is 11.8. The number of hydrogen-bond acceptors (Lipinski definition) is 5. The van der Waals surface area contributed by atoms with Crippen molar-refractivity contribution in [1.82, 2.24) is 19.7 Å². The third-order valence-electron chi connectivity index (χ3n) is 4.51. The Kier molecular flexibility index (Phi) is 5.86. The van der Waals surface area contributed by atoms with E-state index in [1.54, 1.807) is 24.2 Å². The molecule has 126 valence electrons. The van der Waals surface area contributed by atoms with Gasteiger partial charge < -0.3 is 0 Å². The van der Waals surface area contributed by atoms with Gasteiger partial charge in [0.15, 0.2) is 11.0 Å². The normalized spacial score (nSPS) is 16.7. The van der Waals surface area contributed by atoms with Crippen LogP contribution in [-0.4, -0.2) is 25.0 Å². The van der Waals surface area contributed by atoms with Crippen LogP contribution in [0.4, 0.5) is 0 Å². The molecule has 2 aromatic heterocycles. The van der Waals surface area contributed by atoms with E-state index in [-0.39, 0.29) is 0 Å². The fourth-order valence-corrected chi connectivity index (χ4v) is 4.26. The molecule has 0 radical (unpaired) electrons. The zero-order chi connectivity index (χ0) is 16.8. The first-order valence-electron chi connectivity index (χ1n) is 8.68. The maximum absolute atomic E-state index is 8.79. The van der Waals surface area contributed by atoms with Gasteiger partial charge in [-0.1, -0.05) is 37.9 Å². The summed E-state index contributed by atoms with van der Waals surface area (Å²) in [7, 11) is 0. The molecule has 1 fully saturated rings. The van der Waals surface area contributed by atoms with Gasteiger partial charge in [-0.15, -0.1) is 10.2 Å². The fourth-order valence-electron chi connectivity index (χ4n) is 3.23. The van der Waals surface area contributed by atoms with Gasteiger partial charge in [-0.05, 0) is 31.4 Å². The van der Waals surface area contributed by atoms with Crippen molar-refractivity contribution in [2.75, 3.05) is 0 Å². The van der Waals surface area contributed by atoms with Gasteiger partial charge in [0, 0.05) is 35.7 Å². The molecule has 2 heterocycles. The summed E-state index contributed by atoms with van der Waals surface area (Å²) in [5.41, 5.74) is 1.07. The predicted molar refractivity (Wildman–Crippen MR) is 95.5 cm³/mol. The smallest absolute Gasteiger partial charge is 0.192 e. The first kappa shape index (κ1) is 17.0. The minimum atomic E-state index is 0.362. The molecule has 1 saturated carbocycles. The maximum atomic E-state index is 8.79. The molecule has 0 amide bonds. The number of pyridine rings is 1. The molecule has 0 unspecified atom stereocenters. The highest BCUT2D eigenvalue weighted by molar-refractivity contribution is 7.99. The monoisotopic (exact) mass is 341 g/mol. The van der Waals surface area contributed by atoms with Crippen LogP contribution in [0.1, 0.15) is 57.9 Å². The summed E-state index contributed by atoms with van der Waals surface area (Å²) in [5, 5.41) is 19.1. The summed E-state index contributed by atoms with van der Waals surface area (Å²) >= 11 is 1.74. The minimum absolute atomic E-state index is 0.362. The Morgan fingerprint density at radius 2 is 2.00 bits per heavy atom. The van der Waals surface area contributed by atoms with E-state index in [1.165, 1.54) is 32.1 Å². The molecule has 0 N–H and O–H groups in total. The molecule has 1 aliphatic carbocycles. The minimum Gasteiger partial charge on any atom is -0.299 e. The van der Waals surface area contributed by atoms with Crippen LogP contribution in [0.25, 0.3) is 11.4 Å². The second-order valence-electron chi connectivity index (χ2n) is 6.33. The Bertz CT molecular complexity index is 685. The molecular formula is C18H23N5S. The fraction of sp³-hybridized carbons (Fsp3) is 0.556. The predicted octanol–water partition coefficient (Wildman–Crippen LogP) is 4.63. The quantitative estimate of drug-likeness (QED) is 0.717. The molecule has 24 heavy (non-hydrogen) atoms.